The van der Waals surface area contributed by atoms with Crippen LogP contribution in [0.5, 0.6) is 23.0 Å². The summed E-state index contributed by atoms with van der Waals surface area (Å²) in [5, 5.41) is 17.7. The van der Waals surface area contributed by atoms with E-state index in [1.54, 1.807) is 6.08 Å². The average Bonchev–Trinajstić information content (AvgIpc) is 0.763. The van der Waals surface area contributed by atoms with Crippen LogP contribution in [0, 0.1) is 87.9 Å². The molecule has 0 amide bonds. The molecule has 0 aromatic heterocycles. The third-order valence-corrected chi connectivity index (χ3v) is 25.2. The molecule has 4 aliphatic rings. The van der Waals surface area contributed by atoms with Crippen molar-refractivity contribution >= 4 is 23.9 Å². The van der Waals surface area contributed by atoms with Gasteiger partial charge in [-0.1, -0.05) is 254 Å². The molecule has 115 heavy (non-hydrogen) atoms. The molecule has 2 aliphatic heterocycles. The lowest BCUT2D eigenvalue weighted by Gasteiger charge is -2.38. The number of allylic oxidation sites excluding steroid dienone is 18. The molecule has 6 unspecified atom stereocenters. The number of aliphatic hydroxyl groups excluding tert-OH is 1. The minimum atomic E-state index is -0.999. The van der Waals surface area contributed by atoms with Gasteiger partial charge in [0.05, 0.1) is 32.3 Å². The van der Waals surface area contributed by atoms with E-state index in [0.29, 0.717) is 16.9 Å². The molecule has 11 nitrogen and oxygen atoms in total. The van der Waals surface area contributed by atoms with Gasteiger partial charge in [0, 0.05) is 11.1 Å². The third kappa shape index (κ3) is 35.8. The maximum absolute atomic E-state index is 13.0. The number of rotatable bonds is 41. The van der Waals surface area contributed by atoms with Crippen molar-refractivity contribution in [3.05, 3.63) is 162 Å². The van der Waals surface area contributed by atoms with E-state index in [0.717, 1.165) is 141 Å². The average molecular weight is 1590 g/mol. The Morgan fingerprint density at radius 3 is 1.21 bits per heavy atom. The summed E-state index contributed by atoms with van der Waals surface area (Å²) in [4.78, 5) is 48.5. The Hall–Kier alpha value is -6.72. The summed E-state index contributed by atoms with van der Waals surface area (Å²) in [6.07, 6.45) is 56.0. The maximum atomic E-state index is 13.0. The number of benzene rings is 2. The first-order valence-electron chi connectivity index (χ1n) is 44.8. The van der Waals surface area contributed by atoms with Crippen LogP contribution < -0.4 is 18.9 Å². The Bertz CT molecular complexity index is 3800. The van der Waals surface area contributed by atoms with E-state index in [4.69, 9.17) is 33.9 Å². The van der Waals surface area contributed by atoms with Crippen molar-refractivity contribution in [3.8, 4) is 23.0 Å². The van der Waals surface area contributed by atoms with E-state index in [1.165, 1.54) is 162 Å². The first-order valence-corrected chi connectivity index (χ1v) is 44.8. The van der Waals surface area contributed by atoms with Gasteiger partial charge in [-0.25, -0.2) is 0 Å². The summed E-state index contributed by atoms with van der Waals surface area (Å²) in [5.74, 6) is 5.48. The number of hydrogen-bond acceptors (Lipinski definition) is 10. The van der Waals surface area contributed by atoms with Crippen LogP contribution in [0.15, 0.2) is 117 Å². The molecule has 0 radical (unpaired) electrons. The second-order valence-electron chi connectivity index (χ2n) is 38.3. The molecule has 2 aromatic carbocycles. The highest BCUT2D eigenvalue weighted by molar-refractivity contribution is 5.80. The van der Waals surface area contributed by atoms with E-state index >= 15 is 0 Å². The van der Waals surface area contributed by atoms with Crippen LogP contribution >= 0.6 is 0 Å². The summed E-state index contributed by atoms with van der Waals surface area (Å²) in [6.45, 7) is 57.8. The van der Waals surface area contributed by atoms with Gasteiger partial charge in [-0.3, -0.25) is 19.2 Å². The quantitative estimate of drug-likeness (QED) is 0.0371. The van der Waals surface area contributed by atoms with E-state index in [2.05, 4.69) is 168 Å². The van der Waals surface area contributed by atoms with Crippen LogP contribution in [-0.2, 0) is 36.8 Å². The van der Waals surface area contributed by atoms with Gasteiger partial charge in [-0.15, -0.1) is 0 Å². The van der Waals surface area contributed by atoms with Crippen molar-refractivity contribution in [3.63, 3.8) is 0 Å². The minimum Gasteiger partial charge on any atom is -0.487 e. The zero-order valence-corrected chi connectivity index (χ0v) is 77.6. The van der Waals surface area contributed by atoms with Gasteiger partial charge >= 0.3 is 23.9 Å². The monoisotopic (exact) mass is 1590 g/mol. The molecule has 0 bridgehead atoms. The van der Waals surface area contributed by atoms with Gasteiger partial charge in [-0.2, -0.15) is 0 Å². The van der Waals surface area contributed by atoms with E-state index in [-0.39, 0.29) is 55.5 Å². The molecule has 2 aliphatic carbocycles. The summed E-state index contributed by atoms with van der Waals surface area (Å²) in [7, 11) is 0. The lowest BCUT2D eigenvalue weighted by molar-refractivity contribution is -0.146. The van der Waals surface area contributed by atoms with Crippen molar-refractivity contribution in [2.24, 2.45) is 46.3 Å². The molecule has 0 saturated carbocycles. The smallest absolute Gasteiger partial charge is 0.311 e. The van der Waals surface area contributed by atoms with E-state index < -0.39 is 23.9 Å². The maximum Gasteiger partial charge on any atom is 0.311 e. The number of fused-ring (bicyclic) bond motifs is 2. The topological polar surface area (TPSA) is 155 Å². The first kappa shape index (κ1) is 101. The minimum absolute atomic E-state index is 0.0259. The number of carbonyl (C=O) groups is 4. The number of ether oxygens (including phenoxy) is 5. The van der Waals surface area contributed by atoms with Gasteiger partial charge in [-0.05, 0) is 290 Å². The Morgan fingerprint density at radius 2 is 0.817 bits per heavy atom. The molecule has 0 fully saturated rings. The van der Waals surface area contributed by atoms with E-state index in [9.17, 15) is 19.2 Å². The van der Waals surface area contributed by atoms with Gasteiger partial charge in [0.1, 0.15) is 40.8 Å². The summed E-state index contributed by atoms with van der Waals surface area (Å²) < 4.78 is 30.4. The fraction of sp³-hybridized carbons (Fsp3) is 0.654. The second kappa shape index (κ2) is 49.6. The normalized spacial score (nSPS) is 19.7. The van der Waals surface area contributed by atoms with Crippen molar-refractivity contribution < 1.29 is 53.1 Å². The predicted octanol–water partition coefficient (Wildman–Crippen LogP) is 28.5. The molecule has 2 aromatic rings. The van der Waals surface area contributed by atoms with E-state index in [1.807, 2.05) is 78.8 Å². The van der Waals surface area contributed by atoms with Crippen LogP contribution in [0.1, 0.15) is 363 Å². The van der Waals surface area contributed by atoms with Gasteiger partial charge in [0.15, 0.2) is 0 Å². The highest BCUT2D eigenvalue weighted by Gasteiger charge is 2.37. The third-order valence-electron chi connectivity index (χ3n) is 25.2. The number of aliphatic hydroxyl groups is 1. The Morgan fingerprint density at radius 1 is 0.435 bits per heavy atom. The van der Waals surface area contributed by atoms with Crippen molar-refractivity contribution in [1.29, 1.82) is 0 Å². The van der Waals surface area contributed by atoms with Gasteiger partial charge in [0.25, 0.3) is 0 Å². The van der Waals surface area contributed by atoms with Gasteiger partial charge in [0.2, 0.25) is 0 Å². The number of aliphatic carboxylic acids is 1. The Labute approximate surface area is 701 Å². The van der Waals surface area contributed by atoms with Crippen molar-refractivity contribution in [2.45, 2.75) is 384 Å². The highest BCUT2D eigenvalue weighted by Crippen LogP contribution is 2.48. The zero-order valence-electron chi connectivity index (χ0n) is 77.6. The van der Waals surface area contributed by atoms with Crippen molar-refractivity contribution in [2.75, 3.05) is 13.2 Å². The van der Waals surface area contributed by atoms with Crippen LogP contribution in [0.4, 0.5) is 0 Å². The Balaban J connectivity index is 0.000000404. The molecule has 11 heteroatoms. The van der Waals surface area contributed by atoms with Crippen LogP contribution in [-0.4, -0.2) is 58.5 Å². The van der Waals surface area contributed by atoms with Crippen LogP contribution in [0.3, 0.4) is 0 Å². The highest BCUT2D eigenvalue weighted by atomic mass is 16.5. The number of carbonyl (C=O) groups excluding carboxylic acids is 3. The molecule has 2 heterocycles. The lowest BCUT2D eigenvalue weighted by atomic mass is 9.72. The van der Waals surface area contributed by atoms with Crippen molar-refractivity contribution in [1.82, 2.24) is 0 Å². The predicted molar refractivity (Wildman–Crippen MR) is 484 cm³/mol. The fourth-order valence-corrected chi connectivity index (χ4v) is 17.4. The second-order valence-corrected chi connectivity index (χ2v) is 38.3. The summed E-state index contributed by atoms with van der Waals surface area (Å²) >= 11 is 0. The standard InChI is InChI=1S/C51H78O5.C33H54O5.C20H30O/c1-35(2)34-39(6)21-15-18-36(3)22-16-31-51(13)32-28-44-43(10)48(41(8)42(9)49(44)56-51)55-47(53)27-26-46(52)54-33-29-38(5)20-14-19-37(4)24-25-45-40(7)23-17-30-50(45,11)12;1-22(2)12-9-13-23(3)14-10-15-24(4)16-11-20-33(8)21-19-28-27(7)31(25(5)26(6)32(28)38-33)37-30(36)18-17-29(34)35;1-16(8-6-9-17(2)13-15-21)11-12-19-18(3)10-7-14-20(19,4)5/h14,19-20,24-25,29,35-36,39H,15-18,21-23,26-28,30-34H2,1-13H3;22-24H,9-21H2,1-8H3,(H,34,35);6,8-9,11-13,21H,7,10,14-15H2,1-5H3/b20-14+,25-24+,37-19+,38-29+;;9-6+,12-11+,16-8+,17-13+. The molecule has 644 valence electrons. The molecular weight excluding hydrogens is 1430 g/mol. The lowest BCUT2D eigenvalue weighted by Crippen LogP contribution is -2.37. The zero-order chi connectivity index (χ0) is 86.0. The number of carboxylic acid groups (broad SMARTS) is 1. The fourth-order valence-electron chi connectivity index (χ4n) is 17.4. The van der Waals surface area contributed by atoms with Crippen LogP contribution in [0.2, 0.25) is 0 Å². The number of carboxylic acids is 1. The SMILES string of the molecule is CC1=C(/C=C/C(C)=C/C=C/C(C)=C/CO)C(C)(C)CCC1.CC1=C(/C=C/C(C)=C/C=C/C(C)=C/COC(=O)CCC(=O)Oc2c(C)c(C)c3c(c2C)CCC(C)(CCCC(C)CCCC(C)CC(C)C)O3)C(C)(C)CCC1.Cc1c(C)c2c(c(C)c1OC(=O)CCC(=O)O)CCC(C)(CCCC(C)CCCC(C)CCCC(C)C)O2. The molecule has 0 saturated heterocycles. The number of hydrogen-bond donors (Lipinski definition) is 2. The summed E-state index contributed by atoms with van der Waals surface area (Å²) in [5.41, 5.74) is 18.6. The molecule has 6 rings (SSSR count). The van der Waals surface area contributed by atoms with Crippen LogP contribution in [0.25, 0.3) is 0 Å². The number of esters is 3. The first-order chi connectivity index (χ1) is 54.0. The molecule has 6 atom stereocenters. The van der Waals surface area contributed by atoms with Gasteiger partial charge < -0.3 is 33.9 Å². The Kier molecular flexibility index (Phi) is 43.4. The molecule has 2 N–H and O–H groups in total. The molecule has 0 spiro atoms. The summed E-state index contributed by atoms with van der Waals surface area (Å²) in [6, 6.07) is 0. The largest absolute Gasteiger partial charge is 0.487 e. The molecular formula is C104H162O11.